The summed E-state index contributed by atoms with van der Waals surface area (Å²) in [6.07, 6.45) is -0.888. The molecule has 0 bridgehead atoms. The van der Waals surface area contributed by atoms with E-state index in [-0.39, 0.29) is 78.6 Å². The molecule has 0 atom stereocenters. The molecule has 0 unspecified atom stereocenters. The molecule has 0 aliphatic carbocycles. The number of fused-ring (bicyclic) bond motifs is 6. The fraction of sp³-hybridized carbons (Fsp3) is 0.231. The molecule has 0 fully saturated rings. The van der Waals surface area contributed by atoms with Crippen LogP contribution >= 0.6 is 11.6 Å². The number of ether oxygens (including phenoxy) is 9. The Morgan fingerprint density at radius 3 is 1.34 bits per heavy atom. The van der Waals surface area contributed by atoms with Crippen LogP contribution in [0.5, 0.6) is 69.4 Å². The van der Waals surface area contributed by atoms with E-state index in [0.717, 1.165) is 95.9 Å². The van der Waals surface area contributed by atoms with Crippen molar-refractivity contribution in [1.82, 2.24) is 19.9 Å². The molecule has 9 aromatic carbocycles. The zero-order chi connectivity index (χ0) is 99.8. The Bertz CT molecular complexity index is 6690. The Balaban J connectivity index is 0.000000142. The predicted molar refractivity (Wildman–Crippen MR) is 530 cm³/mol. The Morgan fingerprint density at radius 1 is 0.471 bits per heavy atom. The molecule has 26 nitrogen and oxygen atoms in total. The van der Waals surface area contributed by atoms with E-state index in [1.165, 1.54) is 57.6 Å². The van der Waals surface area contributed by atoms with Crippen molar-refractivity contribution in [3.8, 4) is 69.4 Å². The van der Waals surface area contributed by atoms with Crippen LogP contribution in [-0.4, -0.2) is 105 Å². The second-order valence-corrected chi connectivity index (χ2v) is 33.7. The third-order valence-corrected chi connectivity index (χ3v) is 23.8. The van der Waals surface area contributed by atoms with E-state index in [0.29, 0.717) is 134 Å². The van der Waals surface area contributed by atoms with Gasteiger partial charge in [0.2, 0.25) is 23.3 Å². The number of ketones is 1. The minimum atomic E-state index is -4.62. The van der Waals surface area contributed by atoms with Crippen molar-refractivity contribution in [3.63, 3.8) is 0 Å². The van der Waals surface area contributed by atoms with E-state index >= 15 is 0 Å². The Morgan fingerprint density at radius 2 is 0.900 bits per heavy atom. The summed E-state index contributed by atoms with van der Waals surface area (Å²) in [4.78, 5) is 73.0. The number of carbonyl (C=O) groups is 5. The van der Waals surface area contributed by atoms with Gasteiger partial charge >= 0.3 is 53.6 Å². The second kappa shape index (κ2) is 48.4. The van der Waals surface area contributed by atoms with Gasteiger partial charge in [-0.2, -0.15) is 13.2 Å². The lowest BCUT2D eigenvalue weighted by atomic mass is 9.64. The lowest BCUT2D eigenvalue weighted by molar-refractivity contribution is -0.138. The number of carbonyl (C=O) groups excluding carboxylic acids is 5. The number of aromatic nitrogens is 4. The predicted octanol–water partition coefficient (Wildman–Crippen LogP) is 18.7. The summed E-state index contributed by atoms with van der Waals surface area (Å²) in [6.45, 7) is 37.3. The van der Waals surface area contributed by atoms with Crippen LogP contribution < -0.4 is 61.2 Å². The molecule has 0 spiro atoms. The zero-order valence-corrected chi connectivity index (χ0v) is 80.0. The number of halogens is 4. The third kappa shape index (κ3) is 27.0. The molecular weight excluding hydrogens is 1810 g/mol. The Hall–Kier alpha value is -14.2. The number of esters is 1. The van der Waals surface area contributed by atoms with Crippen LogP contribution in [-0.2, 0) is 129 Å². The maximum Gasteiger partial charge on any atom is 0.420 e. The highest BCUT2D eigenvalue weighted by molar-refractivity contribution is 6.69. The molecule has 13 aromatic rings. The fourth-order valence-electron chi connectivity index (χ4n) is 15.8. The van der Waals surface area contributed by atoms with Crippen LogP contribution in [0.3, 0.4) is 0 Å². The van der Waals surface area contributed by atoms with Crippen LogP contribution in [0.15, 0.2) is 219 Å². The monoisotopic (exact) mass is 1910 g/mol. The summed E-state index contributed by atoms with van der Waals surface area (Å²) in [5, 5.41) is 9.81. The maximum atomic E-state index is 13.3. The molecule has 0 saturated carbocycles. The molecule has 0 amide bonds. The van der Waals surface area contributed by atoms with Crippen molar-refractivity contribution in [1.29, 1.82) is 0 Å². The van der Waals surface area contributed by atoms with Gasteiger partial charge in [0.05, 0.1) is 76.2 Å². The van der Waals surface area contributed by atoms with Crippen molar-refractivity contribution in [2.24, 2.45) is 0 Å². The molecule has 712 valence electrons. The van der Waals surface area contributed by atoms with Crippen LogP contribution in [0.4, 0.5) is 18.9 Å². The minimum Gasteiger partial charge on any atom is -0.463 e. The normalized spacial score (nSPS) is 12.9. The average Bonchev–Trinajstić information content (AvgIpc) is 1.58. The number of aryl methyl sites for hydroxylation is 4. The number of nitrogens with zero attached hydrogens (tertiary/aromatic N) is 5. The summed E-state index contributed by atoms with van der Waals surface area (Å²) >= 11 is 6.11. The van der Waals surface area contributed by atoms with Gasteiger partial charge in [-0.3, -0.25) is 19.4 Å². The number of pyridine rings is 4. The highest BCUT2D eigenvalue weighted by Crippen LogP contribution is 2.41. The summed E-state index contributed by atoms with van der Waals surface area (Å²) in [7, 11) is 0. The first-order chi connectivity index (χ1) is 67.5. The largest absolute Gasteiger partial charge is 0.463 e. The Kier molecular flexibility index (Phi) is 35.7. The molecule has 36 heteroatoms. The number of alkyl halides is 3. The van der Waals surface area contributed by atoms with Gasteiger partial charge in [0.25, 0.3) is 12.9 Å². The van der Waals surface area contributed by atoms with Gasteiger partial charge in [-0.25, -0.2) is 24.6 Å². The van der Waals surface area contributed by atoms with E-state index < -0.39 is 17.5 Å². The van der Waals surface area contributed by atoms with Gasteiger partial charge in [0.1, 0.15) is 76.8 Å². The molecule has 19 rings (SSSR count). The Labute approximate surface area is 817 Å². The van der Waals surface area contributed by atoms with Crippen molar-refractivity contribution in [2.45, 2.75) is 155 Å². The standard InChI is InChI=1S/C24H21BN2O4.C17H14BF3O3.C17H16BNO6.C16H17BO3.C15H16BNO2.C14H13BClNO2.CH2O/c1-4-29-24(28)16-5-10-23(17(11-16)12-19-6-7-20(26-3)14-27-19)31-21-8-9-22-18(13-21)15-30-25(22)2;1-10(22)11-3-6-16(14(8-11)17(19,20)21)24-13-4-5-15-12(7-13)9-23-18(15)2;1-18-15-4-3-14(6-13(15)8-24-18)25-17-5-2-12(7-22-10-20)16(19-17)9-23-11-21;1-11-3-4-14(7-12(11)9-18)20-15-5-6-16-13(8-15)10-19-17(16)2;1-10-4-7-15(17-11(10)2)19-13-5-6-14-12(8-13)9-18-16(14)3;1-9-5-13(16)14(17-7-9)19-11-3-4-12-10(6-11)8-18-15(12)2;1-2/h5-11,13-14H,4,12,15H2,1-2H3;3-8H,9H2,1-2H3;2-6,10-11H,7-9H2,1H3;3-8,18H,9-10H2,1-2H3;4-8H,9H2,1-3H3;3-7H,8H2,1-2H3;1H2. The summed E-state index contributed by atoms with van der Waals surface area (Å²) < 4.78 is 123. The topological polar surface area (TPSA) is 300 Å². The molecule has 1 N–H and O–H groups in total. The first-order valence-corrected chi connectivity index (χ1v) is 45.4. The first kappa shape index (κ1) is 103. The quantitative estimate of drug-likeness (QED) is 0.0147. The van der Waals surface area contributed by atoms with Gasteiger partial charge in [0.15, 0.2) is 5.78 Å². The van der Waals surface area contributed by atoms with E-state index in [1.807, 2.05) is 183 Å². The van der Waals surface area contributed by atoms with E-state index in [2.05, 4.69) is 50.6 Å². The molecule has 10 heterocycles. The number of rotatable bonds is 24. The fourth-order valence-corrected chi connectivity index (χ4v) is 16.0. The summed E-state index contributed by atoms with van der Waals surface area (Å²) in [5.41, 5.74) is 21.4. The third-order valence-electron chi connectivity index (χ3n) is 23.6. The van der Waals surface area contributed by atoms with Crippen molar-refractivity contribution in [3.05, 3.63) is 336 Å². The summed E-state index contributed by atoms with van der Waals surface area (Å²) in [5.74, 6) is 5.64. The van der Waals surface area contributed by atoms with Crippen LogP contribution in [0.2, 0.25) is 46.0 Å². The highest BCUT2D eigenvalue weighted by atomic mass is 35.5. The minimum absolute atomic E-state index is 0.00847. The van der Waals surface area contributed by atoms with E-state index in [4.69, 9.17) is 93.5 Å². The van der Waals surface area contributed by atoms with Crippen LogP contribution in [0.1, 0.15) is 124 Å². The van der Waals surface area contributed by atoms with Gasteiger partial charge in [-0.15, -0.1) is 0 Å². The number of hydrogen-bond donors (Lipinski definition) is 1. The van der Waals surface area contributed by atoms with Gasteiger partial charge in [-0.1, -0.05) is 113 Å². The molecular formula is C104H99B6ClF3N5O21. The zero-order valence-electron chi connectivity index (χ0n) is 79.2. The smallest absolute Gasteiger partial charge is 0.420 e. The molecule has 4 aromatic heterocycles. The maximum absolute atomic E-state index is 13.3. The first-order valence-electron chi connectivity index (χ1n) is 45.0. The number of hydrogen-bond acceptors (Lipinski definition) is 25. The highest BCUT2D eigenvalue weighted by Gasteiger charge is 2.37. The molecule has 140 heavy (non-hydrogen) atoms. The van der Waals surface area contributed by atoms with Crippen LogP contribution in [0.25, 0.3) is 4.85 Å². The van der Waals surface area contributed by atoms with Crippen molar-refractivity contribution >= 4 is 123 Å². The molecule has 0 saturated heterocycles. The lowest BCUT2D eigenvalue weighted by Crippen LogP contribution is -2.23. The van der Waals surface area contributed by atoms with Gasteiger partial charge < -0.3 is 80.5 Å². The van der Waals surface area contributed by atoms with Crippen molar-refractivity contribution < 1.29 is 113 Å². The molecule has 6 aliphatic rings. The number of aliphatic hydroxyl groups excluding tert-OH is 1. The second-order valence-electron chi connectivity index (χ2n) is 33.3. The van der Waals surface area contributed by atoms with Crippen LogP contribution in [0, 0.1) is 34.3 Å². The molecule has 6 aliphatic heterocycles. The lowest BCUT2D eigenvalue weighted by Gasteiger charge is -2.15. The average molecular weight is 1910 g/mol. The molecule has 0 radical (unpaired) electrons. The summed E-state index contributed by atoms with van der Waals surface area (Å²) in [6, 6.07) is 61.8. The SMILES string of the molecule is C=O.CB1OCc2cc(Oc3ccc(C(C)=O)cc3C(F)(F)F)ccc21.CB1OCc2cc(Oc3ccc(C)c(C)n3)ccc21.CB1OCc2cc(Oc3ccc(C)c(CO)c3)ccc21.CB1OCc2cc(Oc3ccc(COC=O)c(COC=O)n3)ccc21.CB1OCc2cc(Oc3ncc(C)cc3Cl)ccc21.[C-]#[N+]c1ccc(Cc2cc(C(=O)OCC)ccc2Oc2ccc3c(c2)COB3C)nc1. The van der Waals surface area contributed by atoms with Crippen molar-refractivity contribution in [2.75, 3.05) is 6.61 Å². The number of benzene rings is 9. The van der Waals surface area contributed by atoms with E-state index in [9.17, 15) is 37.5 Å². The number of Topliss-reactive ketones (excluding diaryl/α,β-unsaturated/α-hetero) is 1. The number of aliphatic hydroxyl groups is 1. The van der Waals surface area contributed by atoms with E-state index in [1.54, 1.807) is 73.9 Å². The van der Waals surface area contributed by atoms with Gasteiger partial charge in [-0.05, 0) is 263 Å². The van der Waals surface area contributed by atoms with Gasteiger partial charge in [0, 0.05) is 59.0 Å².